The first-order chi connectivity index (χ1) is 7.60. The van der Waals surface area contributed by atoms with Crippen molar-refractivity contribution < 1.29 is 14.0 Å². The summed E-state index contributed by atoms with van der Waals surface area (Å²) < 4.78 is 10.7. The maximum Gasteiger partial charge on any atom is 0.305 e. The predicted octanol–water partition coefficient (Wildman–Crippen LogP) is 3.60. The third kappa shape index (κ3) is 6.22. The van der Waals surface area contributed by atoms with E-state index in [1.54, 1.807) is 0 Å². The molecule has 0 aromatic rings. The first-order valence-electron chi connectivity index (χ1n) is 6.31. The Kier molecular flexibility index (Phi) is 6.41. The molecule has 17 heavy (non-hydrogen) atoms. The van der Waals surface area contributed by atoms with Crippen LogP contribution in [0, 0.1) is 5.92 Å². The number of rotatable bonds is 6. The van der Waals surface area contributed by atoms with Crippen molar-refractivity contribution in [2.24, 2.45) is 5.92 Å². The smallest absolute Gasteiger partial charge is 0.305 e. The molecule has 0 saturated carbocycles. The molecule has 0 aromatic heterocycles. The summed E-state index contributed by atoms with van der Waals surface area (Å²) in [6.07, 6.45) is 1.32. The Labute approximate surface area is 107 Å². The van der Waals surface area contributed by atoms with E-state index in [1.807, 2.05) is 0 Å². The van der Waals surface area contributed by atoms with Crippen molar-refractivity contribution in [2.45, 2.75) is 58.7 Å². The summed E-state index contributed by atoms with van der Waals surface area (Å²) >= 11 is 0. The highest BCUT2D eigenvalue weighted by Crippen LogP contribution is 2.36. The van der Waals surface area contributed by atoms with Crippen LogP contribution in [0.1, 0.15) is 40.5 Å². The topological polar surface area (TPSA) is 35.5 Å². The van der Waals surface area contributed by atoms with Crippen LogP contribution in [-0.4, -0.2) is 28.0 Å². The molecule has 0 N–H and O–H groups in total. The molecular weight excluding hydrogens is 232 g/mol. The number of ether oxygens (including phenoxy) is 1. The third-order valence-corrected chi connectivity index (χ3v) is 8.10. The van der Waals surface area contributed by atoms with Gasteiger partial charge in [0, 0.05) is 13.0 Å². The highest BCUT2D eigenvalue weighted by molar-refractivity contribution is 6.74. The largest absolute Gasteiger partial charge is 0.469 e. The molecule has 0 unspecified atom stereocenters. The molecule has 0 fully saturated rings. The van der Waals surface area contributed by atoms with Crippen LogP contribution < -0.4 is 0 Å². The summed E-state index contributed by atoms with van der Waals surface area (Å²) in [6.45, 7) is 14.1. The van der Waals surface area contributed by atoms with Crippen LogP contribution in [-0.2, 0) is 14.0 Å². The molecule has 3 nitrogen and oxygen atoms in total. The molecule has 102 valence electrons. The first kappa shape index (κ1) is 16.6. The van der Waals surface area contributed by atoms with Crippen LogP contribution in [0.4, 0.5) is 0 Å². The molecule has 0 aromatic carbocycles. The van der Waals surface area contributed by atoms with Crippen molar-refractivity contribution in [3.8, 4) is 0 Å². The van der Waals surface area contributed by atoms with Gasteiger partial charge in [0.05, 0.1) is 7.11 Å². The van der Waals surface area contributed by atoms with E-state index in [-0.39, 0.29) is 11.0 Å². The normalized spacial score (nSPS) is 14.5. The summed E-state index contributed by atoms with van der Waals surface area (Å²) in [5.74, 6) is 0.271. The molecular formula is C13H28O3Si. The van der Waals surface area contributed by atoms with Crippen LogP contribution in [0.5, 0.6) is 0 Å². The molecule has 0 aliphatic rings. The second-order valence-corrected chi connectivity index (χ2v) is 11.1. The van der Waals surface area contributed by atoms with E-state index in [0.29, 0.717) is 12.3 Å². The SMILES string of the molecule is COC(=O)CC[C@@H](C)CO[Si](C)(C)C(C)(C)C. The lowest BCUT2D eigenvalue weighted by Crippen LogP contribution is -2.41. The fraction of sp³-hybridized carbons (Fsp3) is 0.923. The lowest BCUT2D eigenvalue weighted by Gasteiger charge is -2.37. The van der Waals surface area contributed by atoms with Crippen molar-refractivity contribution in [1.82, 2.24) is 0 Å². The van der Waals surface area contributed by atoms with Gasteiger partial charge in [0.25, 0.3) is 0 Å². The summed E-state index contributed by atoms with van der Waals surface area (Å²) in [5.41, 5.74) is 0. The molecule has 0 aliphatic heterocycles. The number of carbonyl (C=O) groups excluding carboxylic acids is 1. The standard InChI is InChI=1S/C13H28O3Si/c1-11(8-9-12(14)15-5)10-16-17(6,7)13(2,3)4/h11H,8-10H2,1-7H3/t11-/m1/s1. The monoisotopic (exact) mass is 260 g/mol. The molecule has 0 amide bonds. The fourth-order valence-corrected chi connectivity index (χ4v) is 2.25. The van der Waals surface area contributed by atoms with Gasteiger partial charge in [0.15, 0.2) is 8.32 Å². The number of hydrogen-bond acceptors (Lipinski definition) is 3. The molecule has 0 bridgehead atoms. The van der Waals surface area contributed by atoms with E-state index in [9.17, 15) is 4.79 Å². The Morgan fingerprint density at radius 2 is 1.82 bits per heavy atom. The van der Waals surface area contributed by atoms with Crippen LogP contribution >= 0.6 is 0 Å². The number of methoxy groups -OCH3 is 1. The number of carbonyl (C=O) groups is 1. The quantitative estimate of drug-likeness (QED) is 0.541. The maximum atomic E-state index is 11.0. The van der Waals surface area contributed by atoms with Crippen molar-refractivity contribution in [2.75, 3.05) is 13.7 Å². The second-order valence-electron chi connectivity index (χ2n) is 6.29. The van der Waals surface area contributed by atoms with E-state index < -0.39 is 8.32 Å². The molecule has 0 aliphatic carbocycles. The van der Waals surface area contributed by atoms with Crippen molar-refractivity contribution in [3.63, 3.8) is 0 Å². The molecule has 0 saturated heterocycles. The van der Waals surface area contributed by atoms with Gasteiger partial charge in [-0.2, -0.15) is 0 Å². The fourth-order valence-electron chi connectivity index (χ4n) is 1.12. The van der Waals surface area contributed by atoms with Gasteiger partial charge in [-0.3, -0.25) is 4.79 Å². The molecule has 0 radical (unpaired) electrons. The van der Waals surface area contributed by atoms with Gasteiger partial charge in [-0.05, 0) is 30.5 Å². The summed E-state index contributed by atoms with van der Waals surface area (Å²) in [4.78, 5) is 11.0. The predicted molar refractivity (Wildman–Crippen MR) is 73.6 cm³/mol. The summed E-state index contributed by atoms with van der Waals surface area (Å²) in [5, 5.41) is 0.245. The van der Waals surface area contributed by atoms with Crippen LogP contribution in [0.15, 0.2) is 0 Å². The average Bonchev–Trinajstić information content (AvgIpc) is 2.21. The van der Waals surface area contributed by atoms with Gasteiger partial charge in [-0.15, -0.1) is 0 Å². The minimum atomic E-state index is -1.65. The molecule has 0 heterocycles. The lowest BCUT2D eigenvalue weighted by molar-refractivity contribution is -0.140. The molecule has 0 rings (SSSR count). The van der Waals surface area contributed by atoms with Gasteiger partial charge < -0.3 is 9.16 Å². The van der Waals surface area contributed by atoms with Crippen LogP contribution in [0.2, 0.25) is 18.1 Å². The van der Waals surface area contributed by atoms with Crippen LogP contribution in [0.3, 0.4) is 0 Å². The van der Waals surface area contributed by atoms with Crippen molar-refractivity contribution in [1.29, 1.82) is 0 Å². The number of hydrogen-bond donors (Lipinski definition) is 0. The Balaban J connectivity index is 4.00. The van der Waals surface area contributed by atoms with Gasteiger partial charge in [0.1, 0.15) is 0 Å². The Morgan fingerprint density at radius 1 is 1.29 bits per heavy atom. The highest BCUT2D eigenvalue weighted by atomic mass is 28.4. The molecule has 0 spiro atoms. The zero-order valence-electron chi connectivity index (χ0n) is 12.4. The first-order valence-corrected chi connectivity index (χ1v) is 9.21. The van der Waals surface area contributed by atoms with Crippen molar-refractivity contribution in [3.05, 3.63) is 0 Å². The van der Waals surface area contributed by atoms with Gasteiger partial charge in [-0.25, -0.2) is 0 Å². The Hall–Kier alpha value is -0.353. The van der Waals surface area contributed by atoms with Crippen molar-refractivity contribution >= 4 is 14.3 Å². The minimum Gasteiger partial charge on any atom is -0.469 e. The summed E-state index contributed by atoms with van der Waals surface area (Å²) in [6, 6.07) is 0. The minimum absolute atomic E-state index is 0.135. The zero-order chi connectivity index (χ0) is 13.7. The maximum absolute atomic E-state index is 11.0. The van der Waals surface area contributed by atoms with Gasteiger partial charge in [-0.1, -0.05) is 27.7 Å². The zero-order valence-corrected chi connectivity index (χ0v) is 13.4. The Bertz CT molecular complexity index is 244. The Morgan fingerprint density at radius 3 is 2.24 bits per heavy atom. The lowest BCUT2D eigenvalue weighted by atomic mass is 10.1. The van der Waals surface area contributed by atoms with E-state index >= 15 is 0 Å². The average molecular weight is 260 g/mol. The van der Waals surface area contributed by atoms with Gasteiger partial charge >= 0.3 is 5.97 Å². The molecule has 1 atom stereocenters. The highest BCUT2D eigenvalue weighted by Gasteiger charge is 2.37. The number of esters is 1. The third-order valence-electron chi connectivity index (χ3n) is 3.60. The van der Waals surface area contributed by atoms with E-state index in [2.05, 4.69) is 45.5 Å². The second kappa shape index (κ2) is 6.54. The molecule has 4 heteroatoms. The van der Waals surface area contributed by atoms with E-state index in [1.165, 1.54) is 7.11 Å². The van der Waals surface area contributed by atoms with Crippen LogP contribution in [0.25, 0.3) is 0 Å². The van der Waals surface area contributed by atoms with Gasteiger partial charge in [0.2, 0.25) is 0 Å². The van der Waals surface area contributed by atoms with E-state index in [0.717, 1.165) is 13.0 Å². The summed E-state index contributed by atoms with van der Waals surface area (Å²) in [7, 11) is -0.219. The van der Waals surface area contributed by atoms with E-state index in [4.69, 9.17) is 4.43 Å².